The number of hydrogen-bond acceptors (Lipinski definition) is 2. The zero-order valence-electron chi connectivity index (χ0n) is 8.33. The van der Waals surface area contributed by atoms with E-state index in [4.69, 9.17) is 9.84 Å². The van der Waals surface area contributed by atoms with Gasteiger partial charge in [0.1, 0.15) is 6.10 Å². The van der Waals surface area contributed by atoms with Gasteiger partial charge in [-0.3, -0.25) is 0 Å². The van der Waals surface area contributed by atoms with E-state index in [1.807, 2.05) is 20.8 Å². The summed E-state index contributed by atoms with van der Waals surface area (Å²) in [6.45, 7) is 6.00. The van der Waals surface area contributed by atoms with Crippen LogP contribution in [-0.2, 0) is 4.74 Å². The van der Waals surface area contributed by atoms with E-state index in [1.165, 1.54) is 0 Å². The van der Waals surface area contributed by atoms with Crippen molar-refractivity contribution in [2.24, 2.45) is 5.41 Å². The Labute approximate surface area is 78.4 Å². The number of carboxylic acid groups (broad SMARTS) is 1. The Bertz CT molecular complexity index is 241. The van der Waals surface area contributed by atoms with Gasteiger partial charge in [0.25, 0.3) is 0 Å². The Hall–Kier alpha value is -0.990. The molecule has 0 saturated heterocycles. The molecule has 3 heteroatoms. The predicted octanol–water partition coefficient (Wildman–Crippen LogP) is 2.82. The summed E-state index contributed by atoms with van der Waals surface area (Å²) in [6.07, 6.45) is 2.57. The molecule has 1 aliphatic rings. The van der Waals surface area contributed by atoms with Crippen LogP contribution in [0.25, 0.3) is 0 Å². The quantitative estimate of drug-likeness (QED) is 0.503. The second-order valence-corrected chi connectivity index (χ2v) is 4.24. The van der Waals surface area contributed by atoms with Crippen LogP contribution in [0.4, 0.5) is 4.79 Å². The van der Waals surface area contributed by atoms with Gasteiger partial charge in [-0.15, -0.1) is 0 Å². The van der Waals surface area contributed by atoms with Crippen molar-refractivity contribution in [2.45, 2.75) is 39.7 Å². The minimum Gasteiger partial charge on any atom is -0.450 e. The maximum absolute atomic E-state index is 10.5. The summed E-state index contributed by atoms with van der Waals surface area (Å²) in [6, 6.07) is 0. The molecule has 1 atom stereocenters. The highest BCUT2D eigenvalue weighted by molar-refractivity contribution is 5.57. The molecule has 0 spiro atoms. The molecule has 74 valence electrons. The van der Waals surface area contributed by atoms with Crippen molar-refractivity contribution in [3.63, 3.8) is 0 Å². The van der Waals surface area contributed by atoms with Gasteiger partial charge in [-0.05, 0) is 25.3 Å². The van der Waals surface area contributed by atoms with Gasteiger partial charge in [-0.2, -0.15) is 0 Å². The monoisotopic (exact) mass is 184 g/mol. The molecule has 0 aromatic carbocycles. The third kappa shape index (κ3) is 2.23. The Morgan fingerprint density at radius 1 is 1.69 bits per heavy atom. The summed E-state index contributed by atoms with van der Waals surface area (Å²) in [5, 5.41) is 8.57. The van der Waals surface area contributed by atoms with E-state index in [0.717, 1.165) is 18.4 Å². The smallest absolute Gasteiger partial charge is 0.450 e. The van der Waals surface area contributed by atoms with Crippen molar-refractivity contribution in [1.29, 1.82) is 0 Å². The molecule has 0 bridgehead atoms. The van der Waals surface area contributed by atoms with E-state index in [1.54, 1.807) is 0 Å². The third-order valence-electron chi connectivity index (χ3n) is 2.60. The lowest BCUT2D eigenvalue weighted by Gasteiger charge is -2.36. The Morgan fingerprint density at radius 3 is 2.77 bits per heavy atom. The summed E-state index contributed by atoms with van der Waals surface area (Å²) in [5.41, 5.74) is 0.954. The minimum atomic E-state index is -1.19. The van der Waals surface area contributed by atoms with Crippen molar-refractivity contribution >= 4 is 6.16 Å². The van der Waals surface area contributed by atoms with Gasteiger partial charge in [-0.25, -0.2) is 4.79 Å². The standard InChI is InChI=1S/C10H16O3/c1-7-5-4-6-10(2,3)8(7)13-9(11)12/h5,8H,4,6H2,1-3H3,(H,11,12). The van der Waals surface area contributed by atoms with Gasteiger partial charge in [0.05, 0.1) is 0 Å². The van der Waals surface area contributed by atoms with Crippen molar-refractivity contribution < 1.29 is 14.6 Å². The van der Waals surface area contributed by atoms with Crippen LogP contribution in [0.5, 0.6) is 0 Å². The fraction of sp³-hybridized carbons (Fsp3) is 0.700. The van der Waals surface area contributed by atoms with E-state index >= 15 is 0 Å². The van der Waals surface area contributed by atoms with Gasteiger partial charge in [0.2, 0.25) is 0 Å². The lowest BCUT2D eigenvalue weighted by molar-refractivity contribution is 0.00659. The molecule has 0 amide bonds. The third-order valence-corrected chi connectivity index (χ3v) is 2.60. The molecule has 3 nitrogen and oxygen atoms in total. The van der Waals surface area contributed by atoms with Crippen LogP contribution in [0, 0.1) is 5.41 Å². The van der Waals surface area contributed by atoms with Gasteiger partial charge in [0.15, 0.2) is 0 Å². The summed E-state index contributed by atoms with van der Waals surface area (Å²) >= 11 is 0. The molecule has 0 aromatic rings. The molecule has 1 N–H and O–H groups in total. The Balaban J connectivity index is 2.81. The number of ether oxygens (including phenoxy) is 1. The van der Waals surface area contributed by atoms with E-state index in [9.17, 15) is 4.79 Å². The zero-order chi connectivity index (χ0) is 10.1. The molecule has 0 fully saturated rings. The van der Waals surface area contributed by atoms with Crippen molar-refractivity contribution in [2.75, 3.05) is 0 Å². The van der Waals surface area contributed by atoms with Gasteiger partial charge in [-0.1, -0.05) is 19.9 Å². The number of carbonyl (C=O) groups is 1. The number of hydrogen-bond donors (Lipinski definition) is 1. The molecule has 13 heavy (non-hydrogen) atoms. The highest BCUT2D eigenvalue weighted by Gasteiger charge is 2.35. The van der Waals surface area contributed by atoms with Crippen molar-refractivity contribution in [3.05, 3.63) is 11.6 Å². The first-order chi connectivity index (χ1) is 5.93. The largest absolute Gasteiger partial charge is 0.506 e. The molecule has 1 rings (SSSR count). The normalized spacial score (nSPS) is 26.4. The van der Waals surface area contributed by atoms with Crippen LogP contribution >= 0.6 is 0 Å². The molecule has 0 radical (unpaired) electrons. The fourth-order valence-electron chi connectivity index (χ4n) is 1.88. The summed E-state index contributed by atoms with van der Waals surface area (Å²) < 4.78 is 4.87. The molecule has 0 saturated carbocycles. The molecule has 0 aliphatic heterocycles. The van der Waals surface area contributed by atoms with E-state index in [2.05, 4.69) is 6.08 Å². The molecule has 1 unspecified atom stereocenters. The second kappa shape index (κ2) is 3.40. The molecular formula is C10H16O3. The van der Waals surface area contributed by atoms with Crippen molar-refractivity contribution in [1.82, 2.24) is 0 Å². The highest BCUT2D eigenvalue weighted by atomic mass is 16.7. The second-order valence-electron chi connectivity index (χ2n) is 4.24. The van der Waals surface area contributed by atoms with Crippen LogP contribution in [0.2, 0.25) is 0 Å². The summed E-state index contributed by atoms with van der Waals surface area (Å²) in [5.74, 6) is 0. The minimum absolute atomic E-state index is 0.0722. The summed E-state index contributed by atoms with van der Waals surface area (Å²) in [7, 11) is 0. The first-order valence-corrected chi connectivity index (χ1v) is 4.50. The van der Waals surface area contributed by atoms with Crippen LogP contribution in [0.15, 0.2) is 11.6 Å². The van der Waals surface area contributed by atoms with E-state index in [0.29, 0.717) is 0 Å². The average Bonchev–Trinajstić information content (AvgIpc) is 1.96. The lowest BCUT2D eigenvalue weighted by atomic mass is 9.75. The van der Waals surface area contributed by atoms with E-state index < -0.39 is 6.16 Å². The first kappa shape index (κ1) is 10.1. The molecular weight excluding hydrogens is 168 g/mol. The fourth-order valence-corrected chi connectivity index (χ4v) is 1.88. The Kier molecular flexibility index (Phi) is 2.64. The predicted molar refractivity (Wildman–Crippen MR) is 49.7 cm³/mol. The summed E-state index contributed by atoms with van der Waals surface area (Å²) in [4.78, 5) is 10.5. The SMILES string of the molecule is CC1=CCCC(C)(C)C1OC(=O)O. The van der Waals surface area contributed by atoms with Crippen LogP contribution in [-0.4, -0.2) is 17.4 Å². The lowest BCUT2D eigenvalue weighted by Crippen LogP contribution is -2.36. The maximum atomic E-state index is 10.5. The number of rotatable bonds is 1. The van der Waals surface area contributed by atoms with Gasteiger partial charge < -0.3 is 9.84 Å². The Morgan fingerprint density at radius 2 is 2.31 bits per heavy atom. The zero-order valence-corrected chi connectivity index (χ0v) is 8.33. The first-order valence-electron chi connectivity index (χ1n) is 4.50. The average molecular weight is 184 g/mol. The van der Waals surface area contributed by atoms with Crippen LogP contribution in [0.3, 0.4) is 0 Å². The molecule has 1 aliphatic carbocycles. The highest BCUT2D eigenvalue weighted by Crippen LogP contribution is 2.37. The topological polar surface area (TPSA) is 46.5 Å². The molecule has 0 aromatic heterocycles. The van der Waals surface area contributed by atoms with E-state index in [-0.39, 0.29) is 11.5 Å². The van der Waals surface area contributed by atoms with Crippen LogP contribution < -0.4 is 0 Å². The van der Waals surface area contributed by atoms with Gasteiger partial charge >= 0.3 is 6.16 Å². The molecule has 0 heterocycles. The maximum Gasteiger partial charge on any atom is 0.506 e. The number of allylic oxidation sites excluding steroid dienone is 1. The van der Waals surface area contributed by atoms with Crippen LogP contribution in [0.1, 0.15) is 33.6 Å². The van der Waals surface area contributed by atoms with Gasteiger partial charge in [0, 0.05) is 5.41 Å². The van der Waals surface area contributed by atoms with Crippen molar-refractivity contribution in [3.8, 4) is 0 Å².